The van der Waals surface area contributed by atoms with Crippen molar-refractivity contribution in [3.63, 3.8) is 0 Å². The Kier molecular flexibility index (Phi) is 7.33. The normalized spacial score (nSPS) is 11.1. The minimum atomic E-state index is -0.0182. The van der Waals surface area contributed by atoms with Gasteiger partial charge in [0.15, 0.2) is 11.0 Å². The van der Waals surface area contributed by atoms with Gasteiger partial charge in [-0.25, -0.2) is 0 Å². The van der Waals surface area contributed by atoms with Gasteiger partial charge in [0.1, 0.15) is 0 Å². The van der Waals surface area contributed by atoms with Crippen LogP contribution < -0.4 is 4.90 Å². The summed E-state index contributed by atoms with van der Waals surface area (Å²) in [5.74, 6) is 0.799. The molecule has 2 aromatic heterocycles. The van der Waals surface area contributed by atoms with Gasteiger partial charge in [-0.3, -0.25) is 14.3 Å². The van der Waals surface area contributed by atoms with E-state index < -0.39 is 0 Å². The van der Waals surface area contributed by atoms with Crippen LogP contribution in [0.4, 0.5) is 5.69 Å². The first kappa shape index (κ1) is 23.3. The second-order valence-corrected chi connectivity index (χ2v) is 9.21. The van der Waals surface area contributed by atoms with Crippen molar-refractivity contribution in [1.29, 1.82) is 0 Å². The fourth-order valence-electron chi connectivity index (χ4n) is 3.42. The monoisotopic (exact) mass is 497 g/mol. The van der Waals surface area contributed by atoms with Gasteiger partial charge >= 0.3 is 0 Å². The van der Waals surface area contributed by atoms with E-state index in [1.807, 2.05) is 66.9 Å². The molecule has 2 heterocycles. The number of carbonyl (C=O) groups excluding carboxylic acids is 1. The first-order valence-corrected chi connectivity index (χ1v) is 12.0. The highest BCUT2D eigenvalue weighted by atomic mass is 35.5. The molecule has 0 atom stereocenters. The Morgan fingerprint density at radius 2 is 1.73 bits per heavy atom. The SMILES string of the molecule is CC(C)N(C(=O)CSc1nnc(-c2ccncc2)n1-c1ccc(Cl)c(Cl)c1)c1ccccc1. The van der Waals surface area contributed by atoms with Crippen molar-refractivity contribution in [2.24, 2.45) is 0 Å². The largest absolute Gasteiger partial charge is 0.309 e. The zero-order valence-corrected chi connectivity index (χ0v) is 20.3. The number of benzene rings is 2. The number of para-hydroxylation sites is 1. The number of halogens is 2. The van der Waals surface area contributed by atoms with E-state index in [1.54, 1.807) is 29.4 Å². The molecule has 0 unspecified atom stereocenters. The highest BCUT2D eigenvalue weighted by Crippen LogP contribution is 2.31. The van der Waals surface area contributed by atoms with E-state index >= 15 is 0 Å². The van der Waals surface area contributed by atoms with E-state index in [1.165, 1.54) is 11.8 Å². The minimum absolute atomic E-state index is 0.0146. The summed E-state index contributed by atoms with van der Waals surface area (Å²) >= 11 is 13.7. The lowest BCUT2D eigenvalue weighted by atomic mass is 10.2. The van der Waals surface area contributed by atoms with Crippen molar-refractivity contribution in [3.8, 4) is 17.1 Å². The molecule has 0 bridgehead atoms. The Morgan fingerprint density at radius 3 is 2.39 bits per heavy atom. The van der Waals surface area contributed by atoms with Crippen LogP contribution in [0.15, 0.2) is 78.2 Å². The first-order valence-electron chi connectivity index (χ1n) is 10.3. The van der Waals surface area contributed by atoms with E-state index in [9.17, 15) is 4.79 Å². The van der Waals surface area contributed by atoms with Crippen LogP contribution in [-0.2, 0) is 4.79 Å². The van der Waals surface area contributed by atoms with Crippen molar-refractivity contribution in [2.75, 3.05) is 10.7 Å². The molecule has 0 N–H and O–H groups in total. The Bertz CT molecular complexity index is 1250. The molecule has 9 heteroatoms. The average molecular weight is 498 g/mol. The summed E-state index contributed by atoms with van der Waals surface area (Å²) in [4.78, 5) is 19.0. The van der Waals surface area contributed by atoms with E-state index in [4.69, 9.17) is 23.2 Å². The van der Waals surface area contributed by atoms with Gasteiger partial charge < -0.3 is 4.90 Å². The summed E-state index contributed by atoms with van der Waals surface area (Å²) < 4.78 is 1.87. The van der Waals surface area contributed by atoms with Gasteiger partial charge in [0, 0.05) is 29.7 Å². The molecule has 0 fully saturated rings. The highest BCUT2D eigenvalue weighted by Gasteiger charge is 2.22. The number of thioether (sulfide) groups is 1. The van der Waals surface area contributed by atoms with E-state index in [2.05, 4.69) is 15.2 Å². The van der Waals surface area contributed by atoms with Crippen molar-refractivity contribution in [3.05, 3.63) is 83.1 Å². The molecule has 1 amide bonds. The van der Waals surface area contributed by atoms with Gasteiger partial charge in [-0.2, -0.15) is 0 Å². The van der Waals surface area contributed by atoms with Crippen LogP contribution in [0.2, 0.25) is 10.0 Å². The average Bonchev–Trinajstić information content (AvgIpc) is 3.24. The van der Waals surface area contributed by atoms with E-state index in [-0.39, 0.29) is 17.7 Å². The van der Waals surface area contributed by atoms with Gasteiger partial charge in [-0.1, -0.05) is 53.2 Å². The van der Waals surface area contributed by atoms with Gasteiger partial charge in [0.25, 0.3) is 0 Å². The number of nitrogens with zero attached hydrogens (tertiary/aromatic N) is 5. The van der Waals surface area contributed by atoms with Crippen LogP contribution >= 0.6 is 35.0 Å². The van der Waals surface area contributed by atoms with Crippen LogP contribution in [0.25, 0.3) is 17.1 Å². The third kappa shape index (κ3) is 5.21. The zero-order valence-electron chi connectivity index (χ0n) is 18.0. The van der Waals surface area contributed by atoms with Gasteiger partial charge in [-0.15, -0.1) is 10.2 Å². The summed E-state index contributed by atoms with van der Waals surface area (Å²) in [7, 11) is 0. The van der Waals surface area contributed by atoms with Crippen LogP contribution in [-0.4, -0.2) is 37.5 Å². The summed E-state index contributed by atoms with van der Waals surface area (Å²) in [5.41, 5.74) is 2.45. The lowest BCUT2D eigenvalue weighted by Gasteiger charge is -2.26. The molecule has 0 radical (unpaired) electrons. The fraction of sp³-hybridized carbons (Fsp3) is 0.167. The third-order valence-corrected chi connectivity index (χ3v) is 6.53. The topological polar surface area (TPSA) is 63.9 Å². The molecule has 0 saturated heterocycles. The predicted octanol–water partition coefficient (Wildman–Crippen LogP) is 6.17. The molecule has 0 aliphatic heterocycles. The number of pyridine rings is 1. The molecule has 33 heavy (non-hydrogen) atoms. The molecule has 0 spiro atoms. The molecular weight excluding hydrogens is 477 g/mol. The lowest BCUT2D eigenvalue weighted by molar-refractivity contribution is -0.116. The van der Waals surface area contributed by atoms with Gasteiger partial charge in [-0.05, 0) is 56.3 Å². The van der Waals surface area contributed by atoms with Crippen LogP contribution in [0.1, 0.15) is 13.8 Å². The summed E-state index contributed by atoms with van der Waals surface area (Å²) in [6.07, 6.45) is 3.39. The van der Waals surface area contributed by atoms with Crippen molar-refractivity contribution in [1.82, 2.24) is 19.7 Å². The highest BCUT2D eigenvalue weighted by molar-refractivity contribution is 7.99. The number of carbonyl (C=O) groups is 1. The van der Waals surface area contributed by atoms with Crippen LogP contribution in [0, 0.1) is 0 Å². The smallest absolute Gasteiger partial charge is 0.237 e. The number of aromatic nitrogens is 4. The number of hydrogen-bond donors (Lipinski definition) is 0. The zero-order chi connectivity index (χ0) is 23.4. The molecule has 168 valence electrons. The Hall–Kier alpha value is -2.87. The van der Waals surface area contributed by atoms with E-state index in [0.717, 1.165) is 16.9 Å². The Morgan fingerprint density at radius 1 is 1.00 bits per heavy atom. The molecule has 2 aromatic carbocycles. The number of anilines is 1. The number of amides is 1. The van der Waals surface area contributed by atoms with Crippen LogP contribution in [0.5, 0.6) is 0 Å². The van der Waals surface area contributed by atoms with Gasteiger partial charge in [0.05, 0.1) is 21.5 Å². The maximum absolute atomic E-state index is 13.2. The molecule has 4 rings (SSSR count). The number of rotatable bonds is 7. The second kappa shape index (κ2) is 10.4. The lowest BCUT2D eigenvalue weighted by Crippen LogP contribution is -2.38. The fourth-order valence-corrected chi connectivity index (χ4v) is 4.53. The standard InChI is InChI=1S/C24H21Cl2N5OS/c1-16(2)30(18-6-4-3-5-7-18)22(32)15-33-24-29-28-23(17-10-12-27-13-11-17)31(24)19-8-9-20(25)21(26)14-19/h3-14,16H,15H2,1-2H3. The second-order valence-electron chi connectivity index (χ2n) is 7.46. The van der Waals surface area contributed by atoms with Crippen molar-refractivity contribution >= 4 is 46.6 Å². The number of hydrogen-bond acceptors (Lipinski definition) is 5. The molecular formula is C24H21Cl2N5OS. The summed E-state index contributed by atoms with van der Waals surface area (Å²) in [6.45, 7) is 3.99. The summed E-state index contributed by atoms with van der Waals surface area (Å²) in [5, 5.41) is 10.2. The first-order chi connectivity index (χ1) is 16.0. The Balaban J connectivity index is 1.67. The predicted molar refractivity (Wildman–Crippen MR) is 134 cm³/mol. The van der Waals surface area contributed by atoms with E-state index in [0.29, 0.717) is 21.0 Å². The van der Waals surface area contributed by atoms with Crippen molar-refractivity contribution < 1.29 is 4.79 Å². The maximum atomic E-state index is 13.2. The van der Waals surface area contributed by atoms with Crippen LogP contribution in [0.3, 0.4) is 0 Å². The molecule has 0 aliphatic rings. The molecule has 0 aliphatic carbocycles. The van der Waals surface area contributed by atoms with Gasteiger partial charge in [0.2, 0.25) is 5.91 Å². The molecule has 0 saturated carbocycles. The summed E-state index contributed by atoms with van der Waals surface area (Å²) in [6, 6.07) is 18.7. The molecule has 4 aromatic rings. The van der Waals surface area contributed by atoms with Crippen molar-refractivity contribution in [2.45, 2.75) is 25.0 Å². The maximum Gasteiger partial charge on any atom is 0.237 e. The third-order valence-electron chi connectivity index (χ3n) is 4.88. The minimum Gasteiger partial charge on any atom is -0.309 e. The Labute approximate surface area is 206 Å². The molecule has 6 nitrogen and oxygen atoms in total. The quantitative estimate of drug-likeness (QED) is 0.285.